The highest BCUT2D eigenvalue weighted by Gasteiger charge is 2.32. The topological polar surface area (TPSA) is 269 Å². The molecule has 0 aliphatic carbocycles. The highest BCUT2D eigenvalue weighted by molar-refractivity contribution is 9.11. The van der Waals surface area contributed by atoms with Crippen LogP contribution in [0.15, 0.2) is 297 Å². The van der Waals surface area contributed by atoms with Crippen LogP contribution in [0.1, 0.15) is 166 Å². The molecule has 14 rings (SSSR count). The molecule has 0 spiro atoms. The fraction of sp³-hybridized carbons (Fsp3) is 0.200. The molecule has 0 saturated heterocycles. The van der Waals surface area contributed by atoms with Gasteiger partial charge in [0.1, 0.15) is 28.8 Å². The van der Waals surface area contributed by atoms with Gasteiger partial charge in [0.15, 0.2) is 0 Å². The molecule has 700 valence electrons. The third-order valence-electron chi connectivity index (χ3n) is 20.3. The van der Waals surface area contributed by atoms with E-state index in [-0.39, 0.29) is 51.6 Å². The molecule has 0 bridgehead atoms. The molecule has 3 aromatic heterocycles. The van der Waals surface area contributed by atoms with Gasteiger partial charge in [-0.25, -0.2) is 13.8 Å². The van der Waals surface area contributed by atoms with Crippen molar-refractivity contribution < 1.29 is 52.4 Å². The van der Waals surface area contributed by atoms with E-state index in [1.54, 1.807) is 74.4 Å². The lowest BCUT2D eigenvalue weighted by Gasteiger charge is -2.22. The average molecular weight is 2190 g/mol. The van der Waals surface area contributed by atoms with E-state index in [9.17, 15) is 57.6 Å². The summed E-state index contributed by atoms with van der Waals surface area (Å²) < 4.78 is 68.1. The quantitative estimate of drug-likeness (QED) is 0.0116. The van der Waals surface area contributed by atoms with Crippen LogP contribution in [-0.4, -0.2) is 76.5 Å². The predicted octanol–water partition coefficient (Wildman–Crippen LogP) is 30.2. The minimum atomic E-state index is -4.43. The summed E-state index contributed by atoms with van der Waals surface area (Å²) in [6.45, 7) is 24.9. The minimum absolute atomic E-state index is 0.0134. The number of aromatic hydroxyl groups is 5. The fourth-order valence-electron chi connectivity index (χ4n) is 13.1. The Kier molecular flexibility index (Phi) is 39.2. The summed E-state index contributed by atoms with van der Waals surface area (Å²) in [5, 5.41) is 71.8. The molecule has 18 nitrogen and oxygen atoms in total. The molecule has 0 radical (unpaired) electrons. The highest BCUT2D eigenvalue weighted by Crippen LogP contribution is 2.39. The Morgan fingerprint density at radius 3 is 1.62 bits per heavy atom. The van der Waals surface area contributed by atoms with Crippen LogP contribution in [0.25, 0.3) is 10.8 Å². The molecule has 0 amide bonds. The first kappa shape index (κ1) is 107. The number of nitro groups is 1. The van der Waals surface area contributed by atoms with E-state index in [2.05, 4.69) is 284 Å². The second-order valence-corrected chi connectivity index (χ2v) is 38.6. The van der Waals surface area contributed by atoms with Crippen molar-refractivity contribution in [1.29, 1.82) is 0 Å². The maximum absolute atomic E-state index is 13.1. The molecule has 0 saturated carbocycles. The highest BCUT2D eigenvalue weighted by atomic mass is 79.9. The van der Waals surface area contributed by atoms with Crippen molar-refractivity contribution in [3.8, 4) is 28.7 Å². The van der Waals surface area contributed by atoms with E-state index in [1.807, 2.05) is 72.8 Å². The summed E-state index contributed by atoms with van der Waals surface area (Å²) in [6.07, 6.45) is 8.95. The number of nitrogens with one attached hydrogen (secondary N) is 2. The van der Waals surface area contributed by atoms with Crippen molar-refractivity contribution in [2.75, 3.05) is 10.9 Å². The zero-order valence-electron chi connectivity index (χ0n) is 75.7. The molecular formula is C105H99Br5Cl2F5N11O7. The van der Waals surface area contributed by atoms with Crippen LogP contribution < -0.4 is 10.9 Å². The first-order chi connectivity index (χ1) is 63.8. The Morgan fingerprint density at radius 1 is 0.452 bits per heavy atom. The first-order valence-electron chi connectivity index (χ1n) is 41.9. The van der Waals surface area contributed by atoms with Gasteiger partial charge in [0.25, 0.3) is 5.92 Å². The van der Waals surface area contributed by atoms with Crippen molar-refractivity contribution in [3.63, 3.8) is 0 Å². The van der Waals surface area contributed by atoms with Crippen LogP contribution in [0.3, 0.4) is 0 Å². The predicted molar refractivity (Wildman–Crippen MR) is 556 cm³/mol. The molecule has 0 atom stereocenters. The number of hydrogen-bond donors (Lipinski definition) is 7. The lowest BCUT2D eigenvalue weighted by Crippen LogP contribution is -2.12. The van der Waals surface area contributed by atoms with Gasteiger partial charge in [-0.3, -0.25) is 45.9 Å². The fourth-order valence-corrected chi connectivity index (χ4v) is 16.9. The maximum atomic E-state index is 13.1. The van der Waals surface area contributed by atoms with Gasteiger partial charge in [-0.1, -0.05) is 269 Å². The molecule has 0 fully saturated rings. The van der Waals surface area contributed by atoms with Gasteiger partial charge in [0, 0.05) is 107 Å². The number of hydrazone groups is 2. The van der Waals surface area contributed by atoms with Crippen LogP contribution in [0.2, 0.25) is 10.0 Å². The van der Waals surface area contributed by atoms with Crippen LogP contribution >= 0.6 is 103 Å². The molecule has 135 heavy (non-hydrogen) atoms. The summed E-state index contributed by atoms with van der Waals surface area (Å²) >= 11 is 29.0. The van der Waals surface area contributed by atoms with Gasteiger partial charge in [-0.05, 0) is 229 Å². The number of rotatable bonds is 21. The molecule has 0 aliphatic heterocycles. The normalized spacial score (nSPS) is 11.6. The average Bonchev–Trinajstić information content (AvgIpc) is 0.840. The number of hydrogen-bond acceptors (Lipinski definition) is 17. The van der Waals surface area contributed by atoms with Crippen LogP contribution in [0, 0.1) is 44.7 Å². The molecule has 0 unspecified atom stereocenters. The number of pyridine rings is 3. The Morgan fingerprint density at radius 2 is 1.04 bits per heavy atom. The lowest BCUT2D eigenvalue weighted by atomic mass is 9.86. The molecule has 14 aromatic rings. The number of nitrogens with zero attached hydrogens (tertiary/aromatic N) is 9. The van der Waals surface area contributed by atoms with Gasteiger partial charge in [-0.2, -0.15) is 23.4 Å². The van der Waals surface area contributed by atoms with E-state index in [4.69, 9.17) is 23.2 Å². The van der Waals surface area contributed by atoms with Crippen LogP contribution in [0.5, 0.6) is 28.7 Å². The summed E-state index contributed by atoms with van der Waals surface area (Å²) in [4.78, 5) is 35.1. The summed E-state index contributed by atoms with van der Waals surface area (Å²) in [7, 11) is 0. The number of aryl methyl sites for hydroxylation is 5. The number of benzene rings is 11. The maximum Gasteiger partial charge on any atom is 0.417 e. The van der Waals surface area contributed by atoms with Gasteiger partial charge in [0.05, 0.1) is 74.7 Å². The van der Waals surface area contributed by atoms with E-state index in [1.165, 1.54) is 70.4 Å². The standard InChI is InChI=1S/C22H22O.C18H19Br2NO.C17H16BrF2NO.C17H20BrN3.C17H13N3O4.C14H9BrCl2F3N3/c1-16-5-3-7-18(11-16)13-20-9-10-21(22(23)15-20)14-19-8-4-6-17(2)12-19;1-18(2,3)14-6-4-12(5-7-14)10-21-11-13-8-15(19)9-16(20)17(13)22;1-11-7-15(18)8-13(16(11)22)10-21-9-12-3-5-14(6-4-12)17(2,19)20;1-12-9-14(17(2,3)4)15(18)10-16(12)21-20-11-13-7-5-6-8-19-13;21-16-6-5-15(20(23)24)17(22)13(16)9-18-10-14-12-4-2-1-3-11(12)7-8-19-14;1-7-2-9(14(18,19)20)6-21-13(7)23-22-5-8-3-10(16)4-11(15)12(8)17/h3-12,15,23H,13-14H2,1-2H3;4-9,11,22H,10H2,1-3H3;3-8,10,22H,9H2,1-2H3;5-11,21H,1-4H3;1-9,21-22H,10H2;2-6H,1H3,(H,21,23)/b;;;20-11+;;22-5+. The number of alkyl halides is 5. The number of fused-ring (bicyclic) bond motifs is 1. The smallest absolute Gasteiger partial charge is 0.417 e. The summed E-state index contributed by atoms with van der Waals surface area (Å²) in [6, 6.07) is 70.8. The largest absolute Gasteiger partial charge is 0.508 e. The minimum Gasteiger partial charge on any atom is -0.508 e. The Hall–Kier alpha value is -11.9. The Labute approximate surface area is 834 Å². The zero-order valence-corrected chi connectivity index (χ0v) is 85.1. The van der Waals surface area contributed by atoms with Gasteiger partial charge < -0.3 is 25.5 Å². The number of aliphatic imine (C=N–C) groups is 3. The second-order valence-electron chi connectivity index (χ2n) is 33.4. The molecule has 11 aromatic carbocycles. The van der Waals surface area contributed by atoms with E-state index in [0.29, 0.717) is 60.1 Å². The van der Waals surface area contributed by atoms with E-state index < -0.39 is 34.0 Å². The third-order valence-corrected chi connectivity index (χ3v) is 24.0. The van der Waals surface area contributed by atoms with Crippen molar-refractivity contribution in [2.45, 2.75) is 138 Å². The third kappa shape index (κ3) is 33.3. The van der Waals surface area contributed by atoms with Crippen molar-refractivity contribution in [2.24, 2.45) is 25.2 Å². The van der Waals surface area contributed by atoms with Gasteiger partial charge in [-0.15, -0.1) is 0 Å². The molecule has 7 N–H and O–H groups in total. The van der Waals surface area contributed by atoms with E-state index >= 15 is 0 Å². The van der Waals surface area contributed by atoms with Crippen molar-refractivity contribution in [3.05, 3.63) is 409 Å². The Bertz CT molecular complexity index is 6490. The van der Waals surface area contributed by atoms with E-state index in [0.717, 1.165) is 113 Å². The van der Waals surface area contributed by atoms with Gasteiger partial charge >= 0.3 is 11.9 Å². The van der Waals surface area contributed by atoms with Crippen molar-refractivity contribution in [1.82, 2.24) is 15.0 Å². The van der Waals surface area contributed by atoms with Gasteiger partial charge in [0.2, 0.25) is 5.75 Å². The second kappa shape index (κ2) is 49.6. The zero-order chi connectivity index (χ0) is 98.7. The monoisotopic (exact) mass is 2190 g/mol. The van der Waals surface area contributed by atoms with Crippen LogP contribution in [0.4, 0.5) is 39.1 Å². The number of phenolic OH excluding ortho intramolecular Hbond substituents is 5. The molecule has 30 heteroatoms. The number of halogens is 12. The molecular weight excluding hydrogens is 2090 g/mol. The summed E-state index contributed by atoms with van der Waals surface area (Å²) in [5.41, 5.74) is 22.9. The van der Waals surface area contributed by atoms with Crippen LogP contribution in [-0.2, 0) is 55.4 Å². The number of anilines is 2. The lowest BCUT2D eigenvalue weighted by molar-refractivity contribution is -0.385. The number of aromatic nitrogens is 3. The summed E-state index contributed by atoms with van der Waals surface area (Å²) in [5.74, 6) is -2.74. The number of phenols is 5. The van der Waals surface area contributed by atoms with Crippen molar-refractivity contribution >= 4 is 162 Å². The SMILES string of the molecule is CC(C)(C)c1ccc(CN=Cc2cc(Br)cc(Br)c2O)cc1.Cc1cc(Br)cc(C=NCc2ccc(C(C)(F)F)cc2)c1O.Cc1cc(C(C)(C)C)c(Br)cc1N/N=C/c1ccccn1.Cc1cc(C(F)(F)F)cnc1N/N=C/c1cc(Cl)cc(Br)c1Cl.Cc1cccc(Cc2ccc(Cc3cccc(C)c3)c(O)c2)c1.O=[N+]([O-])c1ccc(O)c(C=NCc2nccc3ccccc23)c1O. The number of nitro benzene ring substituents is 1. The Balaban J connectivity index is 0.000000182. The molecule has 3 heterocycles. The first-order valence-corrected chi connectivity index (χ1v) is 46.7. The molecule has 0 aliphatic rings.